The first-order chi connectivity index (χ1) is 7.04. The third-order valence-corrected chi connectivity index (χ3v) is 2.02. The summed E-state index contributed by atoms with van der Waals surface area (Å²) in [5.41, 5.74) is 7.87. The molecule has 0 atom stereocenters. The van der Waals surface area contributed by atoms with Crippen LogP contribution in [0.4, 0.5) is 0 Å². The van der Waals surface area contributed by atoms with Crippen molar-refractivity contribution in [1.29, 1.82) is 0 Å². The molecule has 78 valence electrons. The van der Waals surface area contributed by atoms with Gasteiger partial charge in [0.15, 0.2) is 0 Å². The van der Waals surface area contributed by atoms with E-state index in [2.05, 4.69) is 4.67 Å². The van der Waals surface area contributed by atoms with Gasteiger partial charge in [-0.2, -0.15) is 0 Å². The van der Waals surface area contributed by atoms with E-state index in [1.54, 1.807) is 6.08 Å². The lowest BCUT2D eigenvalue weighted by Crippen LogP contribution is -2.10. The molecule has 0 spiro atoms. The molecule has 0 fully saturated rings. The van der Waals surface area contributed by atoms with E-state index in [9.17, 15) is 4.79 Å². The third-order valence-electron chi connectivity index (χ3n) is 2.02. The van der Waals surface area contributed by atoms with Gasteiger partial charge in [-0.3, -0.25) is 0 Å². The third kappa shape index (κ3) is 2.69. The van der Waals surface area contributed by atoms with Crippen molar-refractivity contribution >= 4 is 17.9 Å². The molecule has 4 heteroatoms. The Morgan fingerprint density at radius 1 is 1.60 bits per heavy atom. The average molecular weight is 205 g/mol. The van der Waals surface area contributed by atoms with Crippen LogP contribution in [-0.4, -0.2) is 23.0 Å². The van der Waals surface area contributed by atoms with Crippen LogP contribution in [0.3, 0.4) is 0 Å². The fourth-order valence-electron chi connectivity index (χ4n) is 1.04. The van der Waals surface area contributed by atoms with Gasteiger partial charge in [0.25, 0.3) is 0 Å². The zero-order chi connectivity index (χ0) is 11.4. The van der Waals surface area contributed by atoms with E-state index in [4.69, 9.17) is 10.8 Å². The highest BCUT2D eigenvalue weighted by Gasteiger charge is 2.22. The van der Waals surface area contributed by atoms with Gasteiger partial charge >= 0.3 is 17.9 Å². The minimum Gasteiger partial charge on any atom is -0.477 e. The van der Waals surface area contributed by atoms with Gasteiger partial charge in [0, 0.05) is 0 Å². The number of hydrogen-bond donors (Lipinski definition) is 2. The van der Waals surface area contributed by atoms with Crippen LogP contribution in [0.15, 0.2) is 35.1 Å². The standard InChI is InChI=1S/C11H12N2O2/c1-3-7(2)4-9(12)10-5-8(6-13-10)11(14)15/h3-6H,12H2,1-2H3/p+1/b7-3-,9-4-. The summed E-state index contributed by atoms with van der Waals surface area (Å²) in [7, 11) is 0. The van der Waals surface area contributed by atoms with E-state index < -0.39 is 5.97 Å². The topological polar surface area (TPSA) is 77.4 Å². The molecule has 0 unspecified atom stereocenters. The fraction of sp³-hybridized carbons (Fsp3) is 0.182. The highest BCUT2D eigenvalue weighted by atomic mass is 16.4. The monoisotopic (exact) mass is 205 g/mol. The predicted octanol–water partition coefficient (Wildman–Crippen LogP) is 0.399. The van der Waals surface area contributed by atoms with Crippen molar-refractivity contribution < 1.29 is 9.90 Å². The number of nitrogens with two attached hydrogens (primary N) is 1. The fourth-order valence-corrected chi connectivity index (χ4v) is 1.04. The van der Waals surface area contributed by atoms with Gasteiger partial charge < -0.3 is 10.8 Å². The lowest BCUT2D eigenvalue weighted by atomic mass is 10.1. The molecule has 0 aliphatic carbocycles. The highest BCUT2D eigenvalue weighted by Crippen LogP contribution is 2.03. The summed E-state index contributed by atoms with van der Waals surface area (Å²) in [5.74, 6) is -0.996. The van der Waals surface area contributed by atoms with Crippen molar-refractivity contribution in [3.05, 3.63) is 35.1 Å². The van der Waals surface area contributed by atoms with Crippen LogP contribution in [0, 0.1) is 0 Å². The maximum Gasteiger partial charge on any atom is 0.350 e. The molecule has 15 heavy (non-hydrogen) atoms. The van der Waals surface area contributed by atoms with E-state index in [0.29, 0.717) is 11.4 Å². The van der Waals surface area contributed by atoms with Crippen molar-refractivity contribution in [2.24, 2.45) is 5.73 Å². The summed E-state index contributed by atoms with van der Waals surface area (Å²) in [6.45, 7) is 3.81. The van der Waals surface area contributed by atoms with Crippen molar-refractivity contribution in [2.75, 3.05) is 0 Å². The molecule has 0 saturated carbocycles. The van der Waals surface area contributed by atoms with Crippen LogP contribution in [-0.2, 0) is 4.79 Å². The van der Waals surface area contributed by atoms with Gasteiger partial charge in [-0.15, -0.1) is 0 Å². The molecule has 0 radical (unpaired) electrons. The van der Waals surface area contributed by atoms with Gasteiger partial charge in [-0.1, -0.05) is 16.3 Å². The first kappa shape index (κ1) is 11.0. The summed E-state index contributed by atoms with van der Waals surface area (Å²) in [6.07, 6.45) is 6.42. The molecule has 0 bridgehead atoms. The zero-order valence-corrected chi connectivity index (χ0v) is 8.69. The highest BCUT2D eigenvalue weighted by molar-refractivity contribution is 6.22. The van der Waals surface area contributed by atoms with Crippen LogP contribution in [0.5, 0.6) is 0 Å². The van der Waals surface area contributed by atoms with E-state index in [1.807, 2.05) is 19.9 Å². The second-order valence-electron chi connectivity index (χ2n) is 3.18. The largest absolute Gasteiger partial charge is 0.477 e. The number of rotatable bonds is 3. The maximum atomic E-state index is 10.6. The normalized spacial score (nSPS) is 16.4. The van der Waals surface area contributed by atoms with Crippen LogP contribution < -0.4 is 10.4 Å². The Morgan fingerprint density at radius 3 is 2.73 bits per heavy atom. The summed E-state index contributed by atoms with van der Waals surface area (Å²) in [4.78, 5) is 10.6. The SMILES string of the molecule is C/C=C(C)\C=C(/N)C1=[N+]=CC(C(=O)O)=C1. The smallest absolute Gasteiger partial charge is 0.350 e. The summed E-state index contributed by atoms with van der Waals surface area (Å²) in [6, 6.07) is 0. The average Bonchev–Trinajstić information content (AvgIpc) is 2.66. The number of carboxylic acid groups (broad SMARTS) is 1. The Labute approximate surface area is 87.9 Å². The number of aliphatic carboxylic acids is 1. The number of hydrogen-bond acceptors (Lipinski definition) is 2. The van der Waals surface area contributed by atoms with E-state index in [1.165, 1.54) is 12.3 Å². The Bertz CT molecular complexity index is 447. The molecular weight excluding hydrogens is 192 g/mol. The molecule has 0 aromatic rings. The lowest BCUT2D eigenvalue weighted by molar-refractivity contribution is -0.131. The summed E-state index contributed by atoms with van der Waals surface area (Å²) in [5, 5.41) is 8.70. The Balaban J connectivity index is 2.92. The van der Waals surface area contributed by atoms with Gasteiger partial charge in [0.05, 0.1) is 6.08 Å². The lowest BCUT2D eigenvalue weighted by Gasteiger charge is -1.91. The molecule has 4 nitrogen and oxygen atoms in total. The second-order valence-corrected chi connectivity index (χ2v) is 3.18. The minimum atomic E-state index is -0.996. The van der Waals surface area contributed by atoms with Gasteiger partial charge in [-0.25, -0.2) is 4.79 Å². The second kappa shape index (κ2) is 4.44. The molecule has 3 N–H and O–H groups in total. The van der Waals surface area contributed by atoms with Crippen LogP contribution in [0.25, 0.3) is 0 Å². The van der Waals surface area contributed by atoms with E-state index in [-0.39, 0.29) is 5.57 Å². The molecule has 0 saturated heterocycles. The number of nitrogens with zero attached hydrogens (tertiary/aromatic N) is 1. The predicted molar refractivity (Wildman–Crippen MR) is 60.6 cm³/mol. The zero-order valence-electron chi connectivity index (χ0n) is 8.69. The molecule has 1 aliphatic heterocycles. The summed E-state index contributed by atoms with van der Waals surface area (Å²) < 4.78 is 3.92. The van der Waals surface area contributed by atoms with Gasteiger partial charge in [0.2, 0.25) is 0 Å². The number of carboxylic acids is 1. The minimum absolute atomic E-state index is 0.152. The molecule has 0 amide bonds. The van der Waals surface area contributed by atoms with Crippen molar-refractivity contribution in [1.82, 2.24) is 4.67 Å². The van der Waals surface area contributed by atoms with Crippen LogP contribution >= 0.6 is 0 Å². The van der Waals surface area contributed by atoms with E-state index in [0.717, 1.165) is 5.57 Å². The van der Waals surface area contributed by atoms with Gasteiger partial charge in [-0.05, 0) is 19.9 Å². The molecular formula is C11H13N2O2+. The molecule has 1 heterocycles. The van der Waals surface area contributed by atoms with Gasteiger partial charge in [0.1, 0.15) is 11.3 Å². The first-order valence-electron chi connectivity index (χ1n) is 4.51. The Hall–Kier alpha value is -2.06. The molecule has 0 aromatic heterocycles. The Kier molecular flexibility index (Phi) is 3.26. The molecule has 0 aromatic carbocycles. The van der Waals surface area contributed by atoms with Crippen molar-refractivity contribution in [3.8, 4) is 0 Å². The van der Waals surface area contributed by atoms with Crippen molar-refractivity contribution in [2.45, 2.75) is 13.8 Å². The molecule has 1 aliphatic rings. The first-order valence-corrected chi connectivity index (χ1v) is 4.51. The van der Waals surface area contributed by atoms with E-state index >= 15 is 0 Å². The number of carbonyl (C=O) groups is 1. The van der Waals surface area contributed by atoms with Crippen LogP contribution in [0.1, 0.15) is 13.8 Å². The summed E-state index contributed by atoms with van der Waals surface area (Å²) >= 11 is 0. The van der Waals surface area contributed by atoms with Crippen LogP contribution in [0.2, 0.25) is 0 Å². The quantitative estimate of drug-likeness (QED) is 0.517. The molecule has 1 rings (SSSR count). The Morgan fingerprint density at radius 2 is 2.27 bits per heavy atom. The van der Waals surface area contributed by atoms with Crippen molar-refractivity contribution in [3.63, 3.8) is 0 Å². The maximum absolute atomic E-state index is 10.6. The number of allylic oxidation sites excluding steroid dienone is 4.